The molecule has 0 radical (unpaired) electrons. The fraction of sp³-hybridized carbons (Fsp3) is 1.00. The summed E-state index contributed by atoms with van der Waals surface area (Å²) in [6.07, 6.45) is 2.58. The quantitative estimate of drug-likeness (QED) is 0.423. The Hall–Kier alpha value is 0.730. The summed E-state index contributed by atoms with van der Waals surface area (Å²) in [5, 5.41) is 11.9. The SMILES string of the molecule is CCCP1OP(=O)(CCC)OP(=O)(CCC)[O+]1[O-]. The standard InChI is InChI=1S/C9H21O6P3/c1-4-7-16-13-17(11,8-5-2)14-18(12,9-6-3)15(16)10/h4-9H2,1-3H3. The van der Waals surface area contributed by atoms with Crippen molar-refractivity contribution in [1.82, 2.24) is 0 Å². The molecule has 0 bridgehead atoms. The first kappa shape index (κ1) is 16.8. The van der Waals surface area contributed by atoms with Crippen molar-refractivity contribution in [2.75, 3.05) is 18.5 Å². The van der Waals surface area contributed by atoms with Gasteiger partial charge in [-0.15, -0.1) is 0 Å². The monoisotopic (exact) mass is 318 g/mol. The average molecular weight is 318 g/mol. The highest BCUT2D eigenvalue weighted by Gasteiger charge is 2.54. The molecule has 0 N–H and O–H groups in total. The Kier molecular flexibility index (Phi) is 6.48. The average Bonchev–Trinajstić information content (AvgIpc) is 2.26. The van der Waals surface area contributed by atoms with Crippen LogP contribution in [-0.2, 0) is 21.8 Å². The van der Waals surface area contributed by atoms with Gasteiger partial charge in [-0.1, -0.05) is 20.8 Å². The van der Waals surface area contributed by atoms with Gasteiger partial charge in [0, 0.05) is 0 Å². The van der Waals surface area contributed by atoms with Crippen LogP contribution in [0.1, 0.15) is 40.0 Å². The lowest BCUT2D eigenvalue weighted by atomic mass is 10.6. The molecule has 1 rings (SSSR count). The van der Waals surface area contributed by atoms with Crippen LogP contribution in [0.5, 0.6) is 0 Å². The van der Waals surface area contributed by atoms with Crippen molar-refractivity contribution in [3.8, 4) is 0 Å². The van der Waals surface area contributed by atoms with Gasteiger partial charge in [0.25, 0.3) is 0 Å². The Bertz CT molecular complexity index is 360. The van der Waals surface area contributed by atoms with E-state index in [1.807, 2.05) is 13.8 Å². The molecule has 3 unspecified atom stereocenters. The van der Waals surface area contributed by atoms with Crippen molar-refractivity contribution in [2.45, 2.75) is 40.0 Å². The number of hydrogen-bond donors (Lipinski definition) is 0. The van der Waals surface area contributed by atoms with Crippen molar-refractivity contribution in [3.05, 3.63) is 0 Å². The van der Waals surface area contributed by atoms with Crippen molar-refractivity contribution in [2.24, 2.45) is 0 Å². The second-order valence-electron chi connectivity index (χ2n) is 4.12. The van der Waals surface area contributed by atoms with E-state index in [1.54, 1.807) is 6.92 Å². The molecule has 0 saturated carbocycles. The molecule has 9 heteroatoms. The van der Waals surface area contributed by atoms with Gasteiger partial charge in [-0.05, 0) is 19.3 Å². The number of hydrogen-bond acceptors (Lipinski definition) is 5. The van der Waals surface area contributed by atoms with Gasteiger partial charge in [0.15, 0.2) is 0 Å². The van der Waals surface area contributed by atoms with Crippen LogP contribution in [0.15, 0.2) is 0 Å². The first-order valence-electron chi connectivity index (χ1n) is 6.20. The third kappa shape index (κ3) is 3.86. The van der Waals surface area contributed by atoms with Crippen molar-refractivity contribution in [3.63, 3.8) is 0 Å². The Morgan fingerprint density at radius 3 is 2.22 bits per heavy atom. The van der Waals surface area contributed by atoms with Gasteiger partial charge in [0.1, 0.15) is 0 Å². The maximum Gasteiger partial charge on any atom is 0.489 e. The molecule has 0 aromatic rings. The zero-order valence-electron chi connectivity index (χ0n) is 11.0. The van der Waals surface area contributed by atoms with E-state index in [2.05, 4.69) is 0 Å². The molecule has 0 spiro atoms. The molecule has 108 valence electrons. The Balaban J connectivity index is 2.98. The van der Waals surface area contributed by atoms with Crippen LogP contribution in [0.3, 0.4) is 0 Å². The smallest absolute Gasteiger partial charge is 0.489 e. The summed E-state index contributed by atoms with van der Waals surface area (Å²) in [4.78, 5) is 0. The van der Waals surface area contributed by atoms with Crippen molar-refractivity contribution < 1.29 is 27.1 Å². The highest BCUT2D eigenvalue weighted by Crippen LogP contribution is 2.81. The normalized spacial score (nSPS) is 37.9. The summed E-state index contributed by atoms with van der Waals surface area (Å²) < 4.78 is 36.6. The molecule has 1 saturated heterocycles. The van der Waals surface area contributed by atoms with E-state index in [9.17, 15) is 14.4 Å². The fourth-order valence-corrected chi connectivity index (χ4v) is 10.3. The van der Waals surface area contributed by atoms with Gasteiger partial charge in [0.2, 0.25) is 0 Å². The molecular weight excluding hydrogens is 297 g/mol. The lowest BCUT2D eigenvalue weighted by Gasteiger charge is -2.38. The van der Waals surface area contributed by atoms with Gasteiger partial charge in [0.05, 0.1) is 18.5 Å². The lowest BCUT2D eigenvalue weighted by molar-refractivity contribution is -0.685. The predicted molar refractivity (Wildman–Crippen MR) is 70.9 cm³/mol. The summed E-state index contributed by atoms with van der Waals surface area (Å²) in [7, 11) is -8.68. The van der Waals surface area contributed by atoms with E-state index in [0.29, 0.717) is 25.4 Å². The topological polar surface area (TPSA) is 78.4 Å². The van der Waals surface area contributed by atoms with Crippen LogP contribution in [0.25, 0.3) is 0 Å². The first-order chi connectivity index (χ1) is 8.40. The van der Waals surface area contributed by atoms with E-state index < -0.39 is 23.6 Å². The predicted octanol–water partition coefficient (Wildman–Crippen LogP) is 3.79. The first-order valence-corrected chi connectivity index (χ1v) is 11.0. The van der Waals surface area contributed by atoms with Gasteiger partial charge >= 0.3 is 23.6 Å². The molecule has 0 amide bonds. The zero-order valence-corrected chi connectivity index (χ0v) is 13.7. The minimum absolute atomic E-state index is 0.0980. The highest BCUT2D eigenvalue weighted by molar-refractivity contribution is 7.78. The molecule has 18 heavy (non-hydrogen) atoms. The van der Waals surface area contributed by atoms with E-state index in [0.717, 1.165) is 0 Å². The van der Waals surface area contributed by atoms with Crippen molar-refractivity contribution in [1.29, 1.82) is 0 Å². The van der Waals surface area contributed by atoms with E-state index in [4.69, 9.17) is 8.62 Å². The fourth-order valence-electron chi connectivity index (χ4n) is 1.59. The van der Waals surface area contributed by atoms with Crippen LogP contribution in [0.4, 0.5) is 0 Å². The lowest BCUT2D eigenvalue weighted by Crippen LogP contribution is -2.26. The van der Waals surface area contributed by atoms with E-state index >= 15 is 0 Å². The third-order valence-electron chi connectivity index (χ3n) is 2.28. The Morgan fingerprint density at radius 2 is 1.72 bits per heavy atom. The van der Waals surface area contributed by atoms with Crippen LogP contribution >= 0.6 is 23.6 Å². The van der Waals surface area contributed by atoms with E-state index in [-0.39, 0.29) is 12.3 Å². The summed E-state index contributed by atoms with van der Waals surface area (Å²) in [5.41, 5.74) is 0. The highest BCUT2D eigenvalue weighted by atomic mass is 31.3. The summed E-state index contributed by atoms with van der Waals surface area (Å²) in [6.45, 7) is 5.54. The molecule has 6 nitrogen and oxygen atoms in total. The summed E-state index contributed by atoms with van der Waals surface area (Å²) >= 11 is 0. The molecule has 0 aromatic heterocycles. The second-order valence-corrected chi connectivity index (χ2v) is 10.8. The third-order valence-corrected chi connectivity index (χ3v) is 10.9. The van der Waals surface area contributed by atoms with Gasteiger partial charge in [-0.25, -0.2) is 8.88 Å². The molecule has 1 heterocycles. The summed E-state index contributed by atoms with van der Waals surface area (Å²) in [5.74, 6) is 0. The summed E-state index contributed by atoms with van der Waals surface area (Å²) in [6, 6.07) is 0. The Labute approximate surface area is 110 Å². The van der Waals surface area contributed by atoms with E-state index in [1.165, 1.54) is 4.09 Å². The molecule has 1 fully saturated rings. The zero-order chi connectivity index (χ0) is 13.8. The second kappa shape index (κ2) is 6.95. The minimum atomic E-state index is -3.61. The Morgan fingerprint density at radius 1 is 1.11 bits per heavy atom. The minimum Gasteiger partial charge on any atom is -0.529 e. The molecule has 1 aliphatic rings. The molecule has 1 aliphatic heterocycles. The van der Waals surface area contributed by atoms with Crippen LogP contribution < -0.4 is 5.26 Å². The van der Waals surface area contributed by atoms with Crippen LogP contribution in [0, 0.1) is 0 Å². The molecule has 3 atom stereocenters. The largest absolute Gasteiger partial charge is 0.529 e. The van der Waals surface area contributed by atoms with Crippen molar-refractivity contribution >= 4 is 23.6 Å². The van der Waals surface area contributed by atoms with Gasteiger partial charge in [-0.2, -0.15) is 4.31 Å². The van der Waals surface area contributed by atoms with Gasteiger partial charge < -0.3 is 9.35 Å². The molecule has 0 aliphatic carbocycles. The van der Waals surface area contributed by atoms with Crippen LogP contribution in [-0.4, -0.2) is 18.5 Å². The maximum absolute atomic E-state index is 12.5. The number of rotatable bonds is 6. The maximum atomic E-state index is 12.5. The molecular formula is C9H21O6P3. The van der Waals surface area contributed by atoms with Crippen LogP contribution in [0.2, 0.25) is 0 Å². The van der Waals surface area contributed by atoms with Gasteiger partial charge in [-0.3, -0.25) is 4.57 Å². The molecule has 0 aromatic carbocycles.